The molecule has 0 N–H and O–H groups in total. The molecule has 1 heterocycles. The van der Waals surface area contributed by atoms with Crippen LogP contribution in [-0.4, -0.2) is 48.5 Å². The first-order chi connectivity index (χ1) is 11.8. The maximum Gasteiger partial charge on any atom is 0.222 e. The maximum absolute atomic E-state index is 12.2. The molecular weight excluding hydrogens is 340 g/mol. The van der Waals surface area contributed by atoms with Crippen LogP contribution >= 0.6 is 0 Å². The second-order valence-electron chi connectivity index (χ2n) is 7.02. The van der Waals surface area contributed by atoms with Gasteiger partial charge >= 0.3 is 0 Å². The molecule has 2 aliphatic rings. The average molecular weight is 366 g/mol. The highest BCUT2D eigenvalue weighted by atomic mass is 32.2. The largest absolute Gasteiger partial charge is 0.491 e. The number of carbonyl (C=O) groups is 1. The lowest BCUT2D eigenvalue weighted by atomic mass is 10.1. The van der Waals surface area contributed by atoms with E-state index in [1.54, 1.807) is 4.31 Å². The molecule has 0 bridgehead atoms. The van der Waals surface area contributed by atoms with Gasteiger partial charge in [-0.3, -0.25) is 4.79 Å². The Bertz CT molecular complexity index is 758. The first-order valence-corrected chi connectivity index (χ1v) is 10.6. The third kappa shape index (κ3) is 4.15. The Hall–Kier alpha value is -1.60. The monoisotopic (exact) mass is 366 g/mol. The first-order valence-electron chi connectivity index (χ1n) is 8.80. The maximum atomic E-state index is 12.2. The van der Waals surface area contributed by atoms with Crippen LogP contribution in [0.15, 0.2) is 18.2 Å². The molecular formula is C18H26N2O4S. The quantitative estimate of drug-likeness (QED) is 0.801. The van der Waals surface area contributed by atoms with E-state index in [1.165, 1.54) is 6.26 Å². The molecule has 0 saturated heterocycles. The molecule has 6 nitrogen and oxygen atoms in total. The number of ether oxygens (including phenoxy) is 1. The highest BCUT2D eigenvalue weighted by Crippen LogP contribution is 2.32. The molecule has 1 aliphatic carbocycles. The number of hydrogen-bond donors (Lipinski definition) is 0. The third-order valence-corrected chi connectivity index (χ3v) is 6.10. The lowest BCUT2D eigenvalue weighted by molar-refractivity contribution is -0.133. The predicted molar refractivity (Wildman–Crippen MR) is 95.6 cm³/mol. The van der Waals surface area contributed by atoms with Crippen molar-refractivity contribution in [3.05, 3.63) is 29.3 Å². The van der Waals surface area contributed by atoms with Gasteiger partial charge in [0.05, 0.1) is 12.3 Å². The summed E-state index contributed by atoms with van der Waals surface area (Å²) in [5.41, 5.74) is 1.87. The predicted octanol–water partition coefficient (Wildman–Crippen LogP) is 2.13. The molecule has 1 aromatic carbocycles. The van der Waals surface area contributed by atoms with Gasteiger partial charge < -0.3 is 9.64 Å². The average Bonchev–Trinajstić information content (AvgIpc) is 3.39. The number of hydrogen-bond acceptors (Lipinski definition) is 4. The number of amides is 1. The normalized spacial score (nSPS) is 20.8. The van der Waals surface area contributed by atoms with Gasteiger partial charge in [-0.05, 0) is 37.5 Å². The summed E-state index contributed by atoms with van der Waals surface area (Å²) in [5.74, 6) is 0.879. The van der Waals surface area contributed by atoms with Crippen molar-refractivity contribution in [2.75, 3.05) is 12.9 Å². The summed E-state index contributed by atoms with van der Waals surface area (Å²) in [7, 11) is -3.23. The molecule has 3 rings (SSSR count). The van der Waals surface area contributed by atoms with Crippen molar-refractivity contribution < 1.29 is 17.9 Å². The summed E-state index contributed by atoms with van der Waals surface area (Å²) >= 11 is 0. The van der Waals surface area contributed by atoms with E-state index in [0.717, 1.165) is 29.7 Å². The van der Waals surface area contributed by atoms with Crippen molar-refractivity contribution in [2.24, 2.45) is 0 Å². The lowest BCUT2D eigenvalue weighted by Gasteiger charge is -2.26. The summed E-state index contributed by atoms with van der Waals surface area (Å²) in [6, 6.07) is 5.93. The molecule has 0 spiro atoms. The van der Waals surface area contributed by atoms with Crippen molar-refractivity contribution >= 4 is 15.9 Å². The molecule has 1 saturated carbocycles. The minimum atomic E-state index is -3.23. The van der Waals surface area contributed by atoms with Gasteiger partial charge in [-0.1, -0.05) is 13.0 Å². The summed E-state index contributed by atoms with van der Waals surface area (Å²) in [6.45, 7) is 5.18. The van der Waals surface area contributed by atoms with Crippen molar-refractivity contribution in [1.82, 2.24) is 9.21 Å². The molecule has 7 heteroatoms. The van der Waals surface area contributed by atoms with E-state index in [1.807, 2.05) is 36.9 Å². The van der Waals surface area contributed by atoms with Crippen LogP contribution in [0.25, 0.3) is 0 Å². The van der Waals surface area contributed by atoms with Crippen LogP contribution in [0.4, 0.5) is 0 Å². The fraction of sp³-hybridized carbons (Fsp3) is 0.611. The molecule has 1 aliphatic heterocycles. The number of rotatable bonds is 5. The fourth-order valence-electron chi connectivity index (χ4n) is 3.23. The molecule has 25 heavy (non-hydrogen) atoms. The van der Waals surface area contributed by atoms with E-state index < -0.39 is 10.0 Å². The van der Waals surface area contributed by atoms with Gasteiger partial charge in [0, 0.05) is 31.1 Å². The Kier molecular flexibility index (Phi) is 5.06. The molecule has 1 unspecified atom stereocenters. The van der Waals surface area contributed by atoms with Crippen LogP contribution in [0.1, 0.15) is 44.2 Å². The van der Waals surface area contributed by atoms with Gasteiger partial charge in [-0.2, -0.15) is 4.31 Å². The molecule has 0 aromatic heterocycles. The Balaban J connectivity index is 1.85. The van der Waals surface area contributed by atoms with E-state index in [0.29, 0.717) is 26.1 Å². The lowest BCUT2D eigenvalue weighted by Crippen LogP contribution is -2.39. The van der Waals surface area contributed by atoms with Crippen molar-refractivity contribution in [3.8, 4) is 5.75 Å². The number of carbonyl (C=O) groups excluding carboxylic acids is 1. The molecule has 138 valence electrons. The van der Waals surface area contributed by atoms with E-state index in [4.69, 9.17) is 4.74 Å². The third-order valence-electron chi connectivity index (χ3n) is 4.82. The summed E-state index contributed by atoms with van der Waals surface area (Å²) in [5, 5.41) is 0. The van der Waals surface area contributed by atoms with Crippen molar-refractivity contribution in [1.29, 1.82) is 0 Å². The SMILES string of the molecule is CCC(=O)N1Cc2cc(CN(C3CC3)S(C)(=O)=O)ccc2OCC1C. The Labute approximate surface area is 149 Å². The molecule has 1 aromatic rings. The van der Waals surface area contributed by atoms with Crippen LogP contribution < -0.4 is 4.74 Å². The van der Waals surface area contributed by atoms with Gasteiger partial charge in [0.25, 0.3) is 0 Å². The fourth-order valence-corrected chi connectivity index (χ4v) is 4.37. The molecule has 1 atom stereocenters. The van der Waals surface area contributed by atoms with Gasteiger partial charge in [0.1, 0.15) is 12.4 Å². The van der Waals surface area contributed by atoms with Gasteiger partial charge in [0.15, 0.2) is 0 Å². The van der Waals surface area contributed by atoms with Gasteiger partial charge in [0.2, 0.25) is 15.9 Å². The van der Waals surface area contributed by atoms with E-state index in [2.05, 4.69) is 0 Å². The summed E-state index contributed by atoms with van der Waals surface area (Å²) < 4.78 is 31.5. The first kappa shape index (κ1) is 18.2. The standard InChI is InChI=1S/C18H26N2O4S/c1-4-18(21)19-11-15-9-14(5-8-17(15)24-12-13(19)2)10-20(16-6-7-16)25(3,22)23/h5,8-9,13,16H,4,6-7,10-12H2,1-3H3. The zero-order chi connectivity index (χ0) is 18.2. The smallest absolute Gasteiger partial charge is 0.222 e. The topological polar surface area (TPSA) is 66.9 Å². The summed E-state index contributed by atoms with van der Waals surface area (Å²) in [4.78, 5) is 14.1. The van der Waals surface area contributed by atoms with Crippen LogP contribution in [0.3, 0.4) is 0 Å². The van der Waals surface area contributed by atoms with E-state index in [-0.39, 0.29) is 18.0 Å². The molecule has 0 radical (unpaired) electrons. The zero-order valence-corrected chi connectivity index (χ0v) is 15.9. The van der Waals surface area contributed by atoms with Crippen molar-refractivity contribution in [2.45, 2.75) is 58.3 Å². The molecule has 1 fully saturated rings. The van der Waals surface area contributed by atoms with E-state index in [9.17, 15) is 13.2 Å². The number of benzene rings is 1. The minimum absolute atomic E-state index is 0.0160. The Morgan fingerprint density at radius 2 is 2.08 bits per heavy atom. The van der Waals surface area contributed by atoms with Crippen LogP contribution in [-0.2, 0) is 27.9 Å². The number of nitrogens with zero attached hydrogens (tertiary/aromatic N) is 2. The van der Waals surface area contributed by atoms with Crippen molar-refractivity contribution in [3.63, 3.8) is 0 Å². The highest BCUT2D eigenvalue weighted by molar-refractivity contribution is 7.88. The van der Waals surface area contributed by atoms with Crippen LogP contribution in [0.2, 0.25) is 0 Å². The molecule has 1 amide bonds. The Morgan fingerprint density at radius 1 is 1.36 bits per heavy atom. The van der Waals surface area contributed by atoms with Crippen LogP contribution in [0, 0.1) is 0 Å². The minimum Gasteiger partial charge on any atom is -0.491 e. The Morgan fingerprint density at radius 3 is 2.68 bits per heavy atom. The van der Waals surface area contributed by atoms with Gasteiger partial charge in [-0.25, -0.2) is 8.42 Å². The highest BCUT2D eigenvalue weighted by Gasteiger charge is 2.35. The number of sulfonamides is 1. The summed E-state index contributed by atoms with van der Waals surface area (Å²) in [6.07, 6.45) is 3.58. The van der Waals surface area contributed by atoms with Gasteiger partial charge in [-0.15, -0.1) is 0 Å². The number of fused-ring (bicyclic) bond motifs is 1. The van der Waals surface area contributed by atoms with Crippen LogP contribution in [0.5, 0.6) is 5.75 Å². The second-order valence-corrected chi connectivity index (χ2v) is 8.95. The zero-order valence-electron chi connectivity index (χ0n) is 15.1. The second kappa shape index (κ2) is 6.96. The van der Waals surface area contributed by atoms with E-state index >= 15 is 0 Å².